The van der Waals surface area contributed by atoms with E-state index in [1.165, 1.54) is 12.6 Å². The van der Waals surface area contributed by atoms with Crippen LogP contribution in [0.25, 0.3) is 11.3 Å². The first-order valence-corrected chi connectivity index (χ1v) is 9.83. The van der Waals surface area contributed by atoms with Crippen LogP contribution < -0.4 is 10.0 Å². The van der Waals surface area contributed by atoms with Crippen molar-refractivity contribution in [3.63, 3.8) is 0 Å². The Labute approximate surface area is 154 Å². The molecule has 3 aromatic rings. The molecule has 0 fully saturated rings. The number of rotatable bonds is 6. The van der Waals surface area contributed by atoms with Crippen LogP contribution in [0.15, 0.2) is 59.9 Å². The van der Waals surface area contributed by atoms with Gasteiger partial charge in [0.1, 0.15) is 0 Å². The number of sulfonamides is 1. The molecule has 0 unspecified atom stereocenters. The highest BCUT2D eigenvalue weighted by atomic mass is 32.2. The third kappa shape index (κ3) is 3.79. The van der Waals surface area contributed by atoms with Crippen LogP contribution in [0, 0.1) is 0 Å². The smallest absolute Gasteiger partial charge is 0.240 e. The summed E-state index contributed by atoms with van der Waals surface area (Å²) in [6.45, 7) is 2.11. The van der Waals surface area contributed by atoms with Gasteiger partial charge in [-0.25, -0.2) is 18.1 Å². The molecule has 136 valence electrons. The lowest BCUT2D eigenvalue weighted by molar-refractivity contribution is 0.588. The molecule has 1 aromatic heterocycles. The van der Waals surface area contributed by atoms with E-state index in [9.17, 15) is 8.42 Å². The van der Waals surface area contributed by atoms with Gasteiger partial charge in [0, 0.05) is 30.2 Å². The molecule has 7 heteroatoms. The molecule has 0 aliphatic rings. The van der Waals surface area contributed by atoms with Crippen LogP contribution >= 0.6 is 0 Å². The summed E-state index contributed by atoms with van der Waals surface area (Å²) < 4.78 is 28.6. The van der Waals surface area contributed by atoms with Gasteiger partial charge in [0.2, 0.25) is 10.0 Å². The zero-order valence-corrected chi connectivity index (χ0v) is 15.8. The molecule has 0 saturated carbocycles. The number of nitrogens with zero attached hydrogens (tertiary/aromatic N) is 2. The van der Waals surface area contributed by atoms with E-state index in [-0.39, 0.29) is 4.90 Å². The average Bonchev–Trinajstić information content (AvgIpc) is 3.08. The van der Waals surface area contributed by atoms with E-state index in [0.717, 1.165) is 23.4 Å². The Hall–Kier alpha value is -2.64. The Balaban J connectivity index is 2.09. The van der Waals surface area contributed by atoms with Crippen molar-refractivity contribution in [3.8, 4) is 11.3 Å². The molecule has 0 aliphatic carbocycles. The van der Waals surface area contributed by atoms with Crippen molar-refractivity contribution in [3.05, 3.63) is 60.6 Å². The maximum atomic E-state index is 12.2. The van der Waals surface area contributed by atoms with Gasteiger partial charge in [-0.1, -0.05) is 19.1 Å². The lowest BCUT2D eigenvalue weighted by Crippen LogP contribution is -2.18. The van der Waals surface area contributed by atoms with Gasteiger partial charge in [-0.05, 0) is 49.4 Å². The van der Waals surface area contributed by atoms with E-state index in [1.807, 2.05) is 29.9 Å². The Bertz CT molecular complexity index is 1030. The summed E-state index contributed by atoms with van der Waals surface area (Å²) in [5, 5.41) is 3.39. The SMILES string of the molecule is CCc1cccc(Nc2ccc(S(=O)(=O)NC)cc2-c2cn(C)cn2)c1. The number of imidazole rings is 1. The predicted octanol–water partition coefficient (Wildman–Crippen LogP) is 3.30. The maximum absolute atomic E-state index is 12.2. The fraction of sp³-hybridized carbons (Fsp3) is 0.211. The number of aryl methyl sites for hydroxylation is 2. The van der Waals surface area contributed by atoms with Crippen LogP contribution in [0.4, 0.5) is 11.4 Å². The van der Waals surface area contributed by atoms with Gasteiger partial charge in [-0.2, -0.15) is 0 Å². The molecule has 0 bridgehead atoms. The fourth-order valence-corrected chi connectivity index (χ4v) is 3.46. The fourth-order valence-electron chi connectivity index (χ4n) is 2.71. The summed E-state index contributed by atoms with van der Waals surface area (Å²) >= 11 is 0. The van der Waals surface area contributed by atoms with E-state index in [2.05, 4.69) is 34.1 Å². The van der Waals surface area contributed by atoms with E-state index in [4.69, 9.17) is 0 Å². The van der Waals surface area contributed by atoms with Crippen LogP contribution in [0.2, 0.25) is 0 Å². The van der Waals surface area contributed by atoms with E-state index in [0.29, 0.717) is 5.69 Å². The van der Waals surface area contributed by atoms with E-state index >= 15 is 0 Å². The van der Waals surface area contributed by atoms with Gasteiger partial charge in [-0.15, -0.1) is 0 Å². The van der Waals surface area contributed by atoms with Crippen molar-refractivity contribution < 1.29 is 8.42 Å². The molecular weight excluding hydrogens is 348 g/mol. The minimum absolute atomic E-state index is 0.202. The second kappa shape index (κ2) is 7.31. The second-order valence-electron chi connectivity index (χ2n) is 6.02. The highest BCUT2D eigenvalue weighted by molar-refractivity contribution is 7.89. The average molecular weight is 370 g/mol. The van der Waals surface area contributed by atoms with E-state index < -0.39 is 10.0 Å². The third-order valence-corrected chi connectivity index (χ3v) is 5.58. The quantitative estimate of drug-likeness (QED) is 0.698. The predicted molar refractivity (Wildman–Crippen MR) is 104 cm³/mol. The van der Waals surface area contributed by atoms with Gasteiger partial charge < -0.3 is 9.88 Å². The van der Waals surface area contributed by atoms with Crippen molar-refractivity contribution in [2.75, 3.05) is 12.4 Å². The Morgan fingerprint density at radius 3 is 2.62 bits per heavy atom. The van der Waals surface area contributed by atoms with Gasteiger partial charge in [-0.3, -0.25) is 0 Å². The largest absolute Gasteiger partial charge is 0.355 e. The lowest BCUT2D eigenvalue weighted by Gasteiger charge is -2.13. The van der Waals surface area contributed by atoms with Crippen molar-refractivity contribution >= 4 is 21.4 Å². The molecule has 0 radical (unpaired) electrons. The van der Waals surface area contributed by atoms with Crippen LogP contribution in [0.3, 0.4) is 0 Å². The number of hydrogen-bond acceptors (Lipinski definition) is 4. The maximum Gasteiger partial charge on any atom is 0.240 e. The van der Waals surface area contributed by atoms with Crippen molar-refractivity contribution in [1.82, 2.24) is 14.3 Å². The van der Waals surface area contributed by atoms with Gasteiger partial charge >= 0.3 is 0 Å². The normalized spacial score (nSPS) is 11.5. The van der Waals surface area contributed by atoms with Crippen LogP contribution in [0.1, 0.15) is 12.5 Å². The first-order valence-electron chi connectivity index (χ1n) is 8.35. The summed E-state index contributed by atoms with van der Waals surface area (Å²) in [7, 11) is -0.256. The van der Waals surface area contributed by atoms with Gasteiger partial charge in [0.25, 0.3) is 0 Å². The first-order chi connectivity index (χ1) is 12.4. The number of benzene rings is 2. The Kier molecular flexibility index (Phi) is 5.11. The van der Waals surface area contributed by atoms with Gasteiger partial charge in [0.15, 0.2) is 0 Å². The summed E-state index contributed by atoms with van der Waals surface area (Å²) in [4.78, 5) is 4.58. The van der Waals surface area contributed by atoms with Gasteiger partial charge in [0.05, 0.1) is 16.9 Å². The molecule has 0 atom stereocenters. The summed E-state index contributed by atoms with van der Waals surface area (Å²) in [6.07, 6.45) is 4.50. The highest BCUT2D eigenvalue weighted by Gasteiger charge is 2.16. The molecule has 2 N–H and O–H groups in total. The van der Waals surface area contributed by atoms with Crippen LogP contribution in [-0.4, -0.2) is 25.0 Å². The summed E-state index contributed by atoms with van der Waals surface area (Å²) in [5.74, 6) is 0. The molecule has 0 spiro atoms. The number of hydrogen-bond donors (Lipinski definition) is 2. The number of anilines is 2. The van der Waals surface area contributed by atoms with Crippen LogP contribution in [-0.2, 0) is 23.5 Å². The van der Waals surface area contributed by atoms with E-state index in [1.54, 1.807) is 24.5 Å². The molecule has 0 amide bonds. The van der Waals surface area contributed by atoms with Crippen molar-refractivity contribution in [1.29, 1.82) is 0 Å². The lowest BCUT2D eigenvalue weighted by atomic mass is 10.1. The minimum atomic E-state index is -3.53. The molecule has 2 aromatic carbocycles. The molecule has 0 aliphatic heterocycles. The molecule has 1 heterocycles. The van der Waals surface area contributed by atoms with Crippen LogP contribution in [0.5, 0.6) is 0 Å². The zero-order chi connectivity index (χ0) is 18.7. The summed E-state index contributed by atoms with van der Waals surface area (Å²) in [6, 6.07) is 13.1. The number of aromatic nitrogens is 2. The standard InChI is InChI=1S/C19H22N4O2S/c1-4-14-6-5-7-15(10-14)22-18-9-8-16(26(24,25)20-2)11-17(18)19-12-23(3)13-21-19/h5-13,20,22H,4H2,1-3H3. The zero-order valence-electron chi connectivity index (χ0n) is 15.0. The third-order valence-electron chi connectivity index (χ3n) is 4.17. The first kappa shape index (κ1) is 18.2. The number of nitrogens with one attached hydrogen (secondary N) is 2. The topological polar surface area (TPSA) is 76.0 Å². The van der Waals surface area contributed by atoms with Crippen molar-refractivity contribution in [2.45, 2.75) is 18.2 Å². The molecule has 6 nitrogen and oxygen atoms in total. The molecule has 26 heavy (non-hydrogen) atoms. The monoisotopic (exact) mass is 370 g/mol. The van der Waals surface area contributed by atoms with Crippen molar-refractivity contribution in [2.24, 2.45) is 7.05 Å². The Morgan fingerprint density at radius 1 is 1.15 bits per heavy atom. The summed E-state index contributed by atoms with van der Waals surface area (Å²) in [5.41, 5.74) is 4.40. The molecule has 3 rings (SSSR count). The minimum Gasteiger partial charge on any atom is -0.355 e. The Morgan fingerprint density at radius 2 is 1.96 bits per heavy atom. The second-order valence-corrected chi connectivity index (χ2v) is 7.90. The molecular formula is C19H22N4O2S. The highest BCUT2D eigenvalue weighted by Crippen LogP contribution is 2.32. The molecule has 0 saturated heterocycles.